The highest BCUT2D eigenvalue weighted by atomic mass is 35.5. The van der Waals surface area contributed by atoms with Crippen molar-refractivity contribution < 1.29 is 8.78 Å². The Balaban J connectivity index is 2.56. The minimum absolute atomic E-state index is 0.0420. The fourth-order valence-corrected chi connectivity index (χ4v) is 2.41. The van der Waals surface area contributed by atoms with Gasteiger partial charge in [0, 0.05) is 12.0 Å². The Hall–Kier alpha value is -0.450. The molecule has 0 bridgehead atoms. The average Bonchev–Trinajstić information content (AvgIpc) is 2.47. The van der Waals surface area contributed by atoms with Gasteiger partial charge in [-0.1, -0.05) is 23.2 Å². The van der Waals surface area contributed by atoms with E-state index >= 15 is 0 Å². The summed E-state index contributed by atoms with van der Waals surface area (Å²) in [5.41, 5.74) is 4.64. The van der Waals surface area contributed by atoms with Gasteiger partial charge in [-0.15, -0.1) is 0 Å². The number of halogens is 4. The van der Waals surface area contributed by atoms with Crippen molar-refractivity contribution in [2.75, 3.05) is 0 Å². The Kier molecular flexibility index (Phi) is 2.23. The van der Waals surface area contributed by atoms with Crippen molar-refractivity contribution in [2.24, 2.45) is 5.73 Å². The topological polar surface area (TPSA) is 38.9 Å². The van der Waals surface area contributed by atoms with E-state index in [0.717, 1.165) is 0 Å². The van der Waals surface area contributed by atoms with Crippen LogP contribution in [-0.4, -0.2) is 10.9 Å². The third kappa shape index (κ3) is 1.51. The maximum Gasteiger partial charge on any atom is 0.272 e. The Morgan fingerprint density at radius 1 is 1.47 bits per heavy atom. The molecule has 2 rings (SSSR count). The predicted molar refractivity (Wildman–Crippen MR) is 54.4 cm³/mol. The van der Waals surface area contributed by atoms with Crippen LogP contribution < -0.4 is 5.73 Å². The van der Waals surface area contributed by atoms with Gasteiger partial charge in [-0.25, -0.2) is 13.8 Å². The second-order valence-corrected chi connectivity index (χ2v) is 4.53. The molecule has 1 aliphatic carbocycles. The van der Waals surface area contributed by atoms with E-state index in [9.17, 15) is 8.78 Å². The highest BCUT2D eigenvalue weighted by Crippen LogP contribution is 2.59. The van der Waals surface area contributed by atoms with Crippen molar-refractivity contribution in [1.29, 1.82) is 0 Å². The molecule has 15 heavy (non-hydrogen) atoms. The first-order valence-electron chi connectivity index (χ1n) is 4.28. The summed E-state index contributed by atoms with van der Waals surface area (Å²) >= 11 is 11.4. The van der Waals surface area contributed by atoms with E-state index in [1.807, 2.05) is 0 Å². The van der Waals surface area contributed by atoms with Crippen LogP contribution in [0.5, 0.6) is 0 Å². The van der Waals surface area contributed by atoms with Crippen molar-refractivity contribution >= 4 is 23.2 Å². The normalized spacial score (nSPS) is 27.9. The lowest BCUT2D eigenvalue weighted by atomic mass is 10.0. The van der Waals surface area contributed by atoms with E-state index in [4.69, 9.17) is 28.9 Å². The summed E-state index contributed by atoms with van der Waals surface area (Å²) in [6.45, 7) is 1.64. The largest absolute Gasteiger partial charge is 0.316 e. The lowest BCUT2D eigenvalue weighted by molar-refractivity contribution is 0.0889. The van der Waals surface area contributed by atoms with Crippen molar-refractivity contribution in [3.63, 3.8) is 0 Å². The number of pyridine rings is 1. The van der Waals surface area contributed by atoms with E-state index in [1.165, 1.54) is 6.07 Å². The molecule has 1 saturated carbocycles. The molecule has 1 fully saturated rings. The van der Waals surface area contributed by atoms with Crippen LogP contribution in [0.15, 0.2) is 6.07 Å². The van der Waals surface area contributed by atoms with Gasteiger partial charge in [0.15, 0.2) is 0 Å². The molecule has 0 aliphatic heterocycles. The van der Waals surface area contributed by atoms with Crippen LogP contribution in [0.1, 0.15) is 17.5 Å². The lowest BCUT2D eigenvalue weighted by Crippen LogP contribution is -2.28. The highest BCUT2D eigenvalue weighted by Gasteiger charge is 2.71. The van der Waals surface area contributed by atoms with Crippen LogP contribution in [0, 0.1) is 6.92 Å². The number of rotatable bonds is 1. The molecule has 6 heteroatoms. The molecule has 0 aromatic carbocycles. The molecule has 1 aromatic rings. The third-order valence-corrected chi connectivity index (χ3v) is 3.08. The number of aromatic nitrogens is 1. The summed E-state index contributed by atoms with van der Waals surface area (Å²) in [6, 6.07) is 1.48. The number of aryl methyl sites for hydroxylation is 1. The van der Waals surface area contributed by atoms with Gasteiger partial charge in [0.2, 0.25) is 0 Å². The first-order chi connectivity index (χ1) is 6.78. The van der Waals surface area contributed by atoms with Gasteiger partial charge >= 0.3 is 0 Å². The summed E-state index contributed by atoms with van der Waals surface area (Å²) in [7, 11) is 0. The van der Waals surface area contributed by atoms with Crippen LogP contribution in [0.25, 0.3) is 0 Å². The van der Waals surface area contributed by atoms with E-state index in [2.05, 4.69) is 4.98 Å². The zero-order valence-corrected chi connectivity index (χ0v) is 9.33. The summed E-state index contributed by atoms with van der Waals surface area (Å²) in [5, 5.41) is 0.133. The van der Waals surface area contributed by atoms with Gasteiger partial charge in [0.25, 0.3) is 5.92 Å². The maximum absolute atomic E-state index is 13.1. The minimum atomic E-state index is -2.91. The second kappa shape index (κ2) is 3.03. The van der Waals surface area contributed by atoms with Crippen LogP contribution in [0.4, 0.5) is 8.78 Å². The fourth-order valence-electron chi connectivity index (χ4n) is 1.71. The summed E-state index contributed by atoms with van der Waals surface area (Å²) < 4.78 is 26.2. The van der Waals surface area contributed by atoms with E-state index < -0.39 is 17.9 Å². The SMILES string of the molecule is Cc1cc(Cl)nc(Cl)c1C1(N)CC1(F)F. The Labute approximate surface area is 95.4 Å². The lowest BCUT2D eigenvalue weighted by Gasteiger charge is -2.15. The van der Waals surface area contributed by atoms with Gasteiger partial charge in [0.1, 0.15) is 15.8 Å². The molecular weight excluding hydrogens is 245 g/mol. The molecule has 2 N–H and O–H groups in total. The molecule has 1 unspecified atom stereocenters. The quantitative estimate of drug-likeness (QED) is 0.781. The predicted octanol–water partition coefficient (Wildman–Crippen LogP) is 2.89. The van der Waals surface area contributed by atoms with Crippen LogP contribution in [-0.2, 0) is 5.54 Å². The molecule has 1 aromatic heterocycles. The highest BCUT2D eigenvalue weighted by molar-refractivity contribution is 6.33. The van der Waals surface area contributed by atoms with Crippen molar-refractivity contribution in [1.82, 2.24) is 4.98 Å². The number of nitrogens with zero attached hydrogens (tertiary/aromatic N) is 1. The van der Waals surface area contributed by atoms with Gasteiger partial charge in [-0.05, 0) is 18.6 Å². The molecule has 1 aliphatic rings. The molecule has 2 nitrogen and oxygen atoms in total. The average molecular weight is 253 g/mol. The van der Waals surface area contributed by atoms with Gasteiger partial charge < -0.3 is 5.73 Å². The number of hydrogen-bond donors (Lipinski definition) is 1. The molecule has 1 atom stereocenters. The summed E-state index contributed by atoms with van der Waals surface area (Å²) in [5.74, 6) is -2.91. The monoisotopic (exact) mass is 252 g/mol. The van der Waals surface area contributed by atoms with Gasteiger partial charge in [-0.2, -0.15) is 0 Å². The molecule has 1 heterocycles. The Morgan fingerprint density at radius 3 is 2.40 bits per heavy atom. The van der Waals surface area contributed by atoms with Gasteiger partial charge in [0.05, 0.1) is 0 Å². The van der Waals surface area contributed by atoms with Crippen LogP contribution >= 0.6 is 23.2 Å². The second-order valence-electron chi connectivity index (χ2n) is 3.78. The van der Waals surface area contributed by atoms with Crippen LogP contribution in [0.3, 0.4) is 0 Å². The first kappa shape index (κ1) is 11.0. The van der Waals surface area contributed by atoms with Crippen molar-refractivity contribution in [2.45, 2.75) is 24.8 Å². The third-order valence-electron chi connectivity index (χ3n) is 2.62. The number of hydrogen-bond acceptors (Lipinski definition) is 2. The van der Waals surface area contributed by atoms with E-state index in [0.29, 0.717) is 5.56 Å². The standard InChI is InChI=1S/C9H8Cl2F2N2/c1-4-2-5(10)15-7(11)6(4)8(14)3-9(8,12)13/h2H,3,14H2,1H3. The van der Waals surface area contributed by atoms with E-state index in [1.54, 1.807) is 6.92 Å². The Bertz CT molecular complexity index is 413. The molecule has 0 spiro atoms. The van der Waals surface area contributed by atoms with Crippen molar-refractivity contribution in [3.05, 3.63) is 27.5 Å². The zero-order valence-electron chi connectivity index (χ0n) is 7.82. The molecular formula is C9H8Cl2F2N2. The first-order valence-corrected chi connectivity index (χ1v) is 5.03. The molecule has 0 amide bonds. The molecule has 0 saturated heterocycles. The smallest absolute Gasteiger partial charge is 0.272 e. The summed E-state index contributed by atoms with van der Waals surface area (Å²) in [4.78, 5) is 3.72. The summed E-state index contributed by atoms with van der Waals surface area (Å²) in [6.07, 6.45) is -0.399. The number of nitrogens with two attached hydrogens (primary N) is 1. The number of alkyl halides is 2. The van der Waals surface area contributed by atoms with Crippen LogP contribution in [0.2, 0.25) is 10.3 Å². The maximum atomic E-state index is 13.1. The molecule has 82 valence electrons. The minimum Gasteiger partial charge on any atom is -0.316 e. The zero-order chi connectivity index (χ0) is 11.4. The van der Waals surface area contributed by atoms with Crippen molar-refractivity contribution in [3.8, 4) is 0 Å². The van der Waals surface area contributed by atoms with Gasteiger partial charge in [-0.3, -0.25) is 0 Å². The Morgan fingerprint density at radius 2 is 2.00 bits per heavy atom. The fraction of sp³-hybridized carbons (Fsp3) is 0.444. The molecule has 0 radical (unpaired) electrons. The van der Waals surface area contributed by atoms with E-state index in [-0.39, 0.29) is 15.9 Å².